The molecule has 2 atom stereocenters. The number of aryl methyl sites for hydroxylation is 1. The molecule has 21 heavy (non-hydrogen) atoms. The highest BCUT2D eigenvalue weighted by molar-refractivity contribution is 7.09. The fourth-order valence-electron chi connectivity index (χ4n) is 2.49. The first-order chi connectivity index (χ1) is 10.2. The van der Waals surface area contributed by atoms with Crippen molar-refractivity contribution in [1.29, 1.82) is 0 Å². The number of pyridine rings is 1. The predicted octanol–water partition coefficient (Wildman–Crippen LogP) is 1.83. The second kappa shape index (κ2) is 6.32. The molecule has 1 N–H and O–H groups in total. The summed E-state index contributed by atoms with van der Waals surface area (Å²) in [4.78, 5) is 20.4. The standard InChI is InChI=1S/C15H17N3O2S/c1-10-17-14(9-21-10)15(19)18-13-8-20-7-12(13)6-11-2-4-16-5-3-11/h2-5,9,12-13H,6-8H2,1H3,(H,18,19)/t12-,13-/m1/s1. The van der Waals surface area contributed by atoms with Gasteiger partial charge in [0.2, 0.25) is 0 Å². The van der Waals surface area contributed by atoms with Gasteiger partial charge in [0.1, 0.15) is 5.69 Å². The first-order valence-corrected chi connectivity index (χ1v) is 7.80. The van der Waals surface area contributed by atoms with E-state index in [1.165, 1.54) is 16.9 Å². The van der Waals surface area contributed by atoms with Crippen molar-refractivity contribution in [3.63, 3.8) is 0 Å². The summed E-state index contributed by atoms with van der Waals surface area (Å²) in [5.74, 6) is 0.172. The molecule has 0 bridgehead atoms. The Balaban J connectivity index is 1.63. The predicted molar refractivity (Wildman–Crippen MR) is 80.4 cm³/mol. The molecule has 3 rings (SSSR count). The number of hydrogen-bond acceptors (Lipinski definition) is 5. The summed E-state index contributed by atoms with van der Waals surface area (Å²) >= 11 is 1.48. The first kappa shape index (κ1) is 14.2. The van der Waals surface area contributed by atoms with Crippen LogP contribution in [0.2, 0.25) is 0 Å². The third kappa shape index (κ3) is 3.46. The first-order valence-electron chi connectivity index (χ1n) is 6.92. The lowest BCUT2D eigenvalue weighted by atomic mass is 9.95. The summed E-state index contributed by atoms with van der Waals surface area (Å²) in [6.07, 6.45) is 4.46. The lowest BCUT2D eigenvalue weighted by Gasteiger charge is -2.18. The highest BCUT2D eigenvalue weighted by Crippen LogP contribution is 2.19. The summed E-state index contributed by atoms with van der Waals surface area (Å²) in [5, 5.41) is 5.73. The van der Waals surface area contributed by atoms with E-state index in [1.807, 2.05) is 19.1 Å². The van der Waals surface area contributed by atoms with E-state index < -0.39 is 0 Å². The molecule has 5 nitrogen and oxygen atoms in total. The van der Waals surface area contributed by atoms with Gasteiger partial charge in [-0.2, -0.15) is 0 Å². The molecule has 2 aromatic heterocycles. The number of ether oxygens (including phenoxy) is 1. The number of carbonyl (C=O) groups excluding carboxylic acids is 1. The van der Waals surface area contributed by atoms with Crippen LogP contribution in [0.15, 0.2) is 29.9 Å². The van der Waals surface area contributed by atoms with Crippen LogP contribution >= 0.6 is 11.3 Å². The van der Waals surface area contributed by atoms with Crippen LogP contribution in [0.1, 0.15) is 21.1 Å². The molecule has 0 radical (unpaired) electrons. The maximum Gasteiger partial charge on any atom is 0.271 e. The summed E-state index contributed by atoms with van der Waals surface area (Å²) in [7, 11) is 0. The summed E-state index contributed by atoms with van der Waals surface area (Å²) < 4.78 is 5.54. The largest absolute Gasteiger partial charge is 0.379 e. The molecule has 110 valence electrons. The number of nitrogens with one attached hydrogen (secondary N) is 1. The van der Waals surface area contributed by atoms with Crippen LogP contribution < -0.4 is 5.32 Å². The molecular formula is C15H17N3O2S. The number of rotatable bonds is 4. The van der Waals surface area contributed by atoms with Gasteiger partial charge >= 0.3 is 0 Å². The van der Waals surface area contributed by atoms with Crippen LogP contribution in [0.3, 0.4) is 0 Å². The maximum atomic E-state index is 12.2. The van der Waals surface area contributed by atoms with E-state index in [2.05, 4.69) is 15.3 Å². The topological polar surface area (TPSA) is 64.1 Å². The lowest BCUT2D eigenvalue weighted by Crippen LogP contribution is -2.40. The molecule has 1 amide bonds. The van der Waals surface area contributed by atoms with Crippen LogP contribution in [-0.4, -0.2) is 35.1 Å². The average molecular weight is 303 g/mol. The Morgan fingerprint density at radius 1 is 1.43 bits per heavy atom. The number of nitrogens with zero attached hydrogens (tertiary/aromatic N) is 2. The van der Waals surface area contributed by atoms with Crippen LogP contribution in [0.25, 0.3) is 0 Å². The fourth-order valence-corrected chi connectivity index (χ4v) is 3.08. The fraction of sp³-hybridized carbons (Fsp3) is 0.400. The SMILES string of the molecule is Cc1nc(C(=O)N[C@@H]2COC[C@H]2Cc2ccncc2)cs1. The highest BCUT2D eigenvalue weighted by Gasteiger charge is 2.30. The number of carbonyl (C=O) groups is 1. The smallest absolute Gasteiger partial charge is 0.271 e. The zero-order valence-corrected chi connectivity index (χ0v) is 12.6. The molecular weight excluding hydrogens is 286 g/mol. The zero-order chi connectivity index (χ0) is 14.7. The van der Waals surface area contributed by atoms with Crippen molar-refractivity contribution in [3.05, 3.63) is 46.2 Å². The van der Waals surface area contributed by atoms with Gasteiger partial charge in [-0.3, -0.25) is 9.78 Å². The maximum absolute atomic E-state index is 12.2. The van der Waals surface area contributed by atoms with Gasteiger partial charge in [0, 0.05) is 23.7 Å². The molecule has 1 saturated heterocycles. The molecule has 1 aliphatic rings. The summed E-state index contributed by atoms with van der Waals surface area (Å²) in [5.41, 5.74) is 1.70. The lowest BCUT2D eigenvalue weighted by molar-refractivity contribution is 0.0920. The van der Waals surface area contributed by atoms with Crippen LogP contribution in [0.5, 0.6) is 0 Å². The quantitative estimate of drug-likeness (QED) is 0.936. The van der Waals surface area contributed by atoms with Crippen molar-refractivity contribution in [1.82, 2.24) is 15.3 Å². The average Bonchev–Trinajstić information content (AvgIpc) is 3.10. The van der Waals surface area contributed by atoms with E-state index in [0.29, 0.717) is 18.9 Å². The monoisotopic (exact) mass is 303 g/mol. The minimum atomic E-state index is -0.116. The Bertz CT molecular complexity index is 614. The zero-order valence-electron chi connectivity index (χ0n) is 11.8. The Morgan fingerprint density at radius 3 is 2.95 bits per heavy atom. The van der Waals surface area contributed by atoms with E-state index >= 15 is 0 Å². The second-order valence-corrected chi connectivity index (χ2v) is 6.25. The van der Waals surface area contributed by atoms with Crippen molar-refractivity contribution in [2.45, 2.75) is 19.4 Å². The molecule has 6 heteroatoms. The molecule has 3 heterocycles. The third-order valence-corrected chi connectivity index (χ3v) is 4.39. The van der Waals surface area contributed by atoms with Crippen LogP contribution in [0.4, 0.5) is 0 Å². The Hall–Kier alpha value is -1.79. The molecule has 1 aliphatic heterocycles. The van der Waals surface area contributed by atoms with Gasteiger partial charge in [-0.1, -0.05) is 0 Å². The van der Waals surface area contributed by atoms with Gasteiger partial charge < -0.3 is 10.1 Å². The van der Waals surface area contributed by atoms with Crippen LogP contribution in [-0.2, 0) is 11.2 Å². The Kier molecular flexibility index (Phi) is 4.26. The van der Waals surface area contributed by atoms with E-state index in [-0.39, 0.29) is 17.9 Å². The van der Waals surface area contributed by atoms with Crippen molar-refractivity contribution in [3.8, 4) is 0 Å². The second-order valence-electron chi connectivity index (χ2n) is 5.19. The normalized spacial score (nSPS) is 21.4. The Morgan fingerprint density at radius 2 is 2.24 bits per heavy atom. The number of thiazole rings is 1. The molecule has 1 fully saturated rings. The molecule has 0 spiro atoms. The van der Waals surface area contributed by atoms with E-state index in [9.17, 15) is 4.79 Å². The number of hydrogen-bond donors (Lipinski definition) is 1. The minimum Gasteiger partial charge on any atom is -0.379 e. The van der Waals surface area contributed by atoms with Gasteiger partial charge in [-0.05, 0) is 31.0 Å². The van der Waals surface area contributed by atoms with Gasteiger partial charge in [0.25, 0.3) is 5.91 Å². The highest BCUT2D eigenvalue weighted by atomic mass is 32.1. The van der Waals surface area contributed by atoms with E-state index in [1.54, 1.807) is 17.8 Å². The van der Waals surface area contributed by atoms with Gasteiger partial charge in [-0.15, -0.1) is 11.3 Å². The molecule has 2 aromatic rings. The van der Waals surface area contributed by atoms with Gasteiger partial charge in [0.05, 0.1) is 24.3 Å². The molecule has 0 saturated carbocycles. The van der Waals surface area contributed by atoms with E-state index in [0.717, 1.165) is 11.4 Å². The van der Waals surface area contributed by atoms with Gasteiger partial charge in [-0.25, -0.2) is 4.98 Å². The minimum absolute atomic E-state index is 0.0349. The van der Waals surface area contributed by atoms with Crippen molar-refractivity contribution < 1.29 is 9.53 Å². The number of amides is 1. The van der Waals surface area contributed by atoms with E-state index in [4.69, 9.17) is 4.74 Å². The van der Waals surface area contributed by atoms with Crippen molar-refractivity contribution in [2.24, 2.45) is 5.92 Å². The molecule has 0 unspecified atom stereocenters. The summed E-state index contributed by atoms with van der Waals surface area (Å²) in [6.45, 7) is 3.13. The van der Waals surface area contributed by atoms with Gasteiger partial charge in [0.15, 0.2) is 0 Å². The van der Waals surface area contributed by atoms with Crippen molar-refractivity contribution in [2.75, 3.05) is 13.2 Å². The van der Waals surface area contributed by atoms with Crippen molar-refractivity contribution >= 4 is 17.2 Å². The molecule has 0 aliphatic carbocycles. The van der Waals surface area contributed by atoms with Crippen LogP contribution in [0, 0.1) is 12.8 Å². The Labute approximate surface area is 127 Å². The molecule has 0 aromatic carbocycles. The number of aromatic nitrogens is 2. The third-order valence-electron chi connectivity index (χ3n) is 3.61. The summed E-state index contributed by atoms with van der Waals surface area (Å²) in [6, 6.07) is 4.04.